The Morgan fingerprint density at radius 2 is 2.00 bits per heavy atom. The molecule has 0 aliphatic heterocycles. The van der Waals surface area contributed by atoms with E-state index in [1.54, 1.807) is 6.07 Å². The molecule has 1 aromatic rings. The number of urea groups is 1. The van der Waals surface area contributed by atoms with Crippen LogP contribution in [0.3, 0.4) is 0 Å². The summed E-state index contributed by atoms with van der Waals surface area (Å²) < 4.78 is 0. The summed E-state index contributed by atoms with van der Waals surface area (Å²) in [5.74, 6) is -1.27. The van der Waals surface area contributed by atoms with Crippen LogP contribution in [0.1, 0.15) is 29.6 Å². The van der Waals surface area contributed by atoms with Gasteiger partial charge in [0.15, 0.2) is 0 Å². The fourth-order valence-corrected chi connectivity index (χ4v) is 1.93. The Labute approximate surface area is 132 Å². The van der Waals surface area contributed by atoms with Gasteiger partial charge in [-0.25, -0.2) is 4.79 Å². The molecule has 22 heavy (non-hydrogen) atoms. The molecule has 4 N–H and O–H groups in total. The third-order valence-corrected chi connectivity index (χ3v) is 3.34. The Morgan fingerprint density at radius 3 is 2.64 bits per heavy atom. The van der Waals surface area contributed by atoms with Gasteiger partial charge in [-0.2, -0.15) is 0 Å². The van der Waals surface area contributed by atoms with Crippen molar-refractivity contribution in [3.8, 4) is 0 Å². The van der Waals surface area contributed by atoms with Crippen LogP contribution in [0.5, 0.6) is 0 Å². The monoisotopic (exact) mass is 325 g/mol. The first-order chi connectivity index (χ1) is 10.5. The SMILES string of the molecule is O=C(O)CCNC(=O)Nc1ccc(Cl)c(C(=O)NC2CC2)c1. The van der Waals surface area contributed by atoms with Crippen molar-refractivity contribution in [1.29, 1.82) is 0 Å². The Balaban J connectivity index is 1.94. The van der Waals surface area contributed by atoms with E-state index in [2.05, 4.69) is 16.0 Å². The largest absolute Gasteiger partial charge is 0.481 e. The Hall–Kier alpha value is -2.28. The van der Waals surface area contributed by atoms with E-state index in [9.17, 15) is 14.4 Å². The van der Waals surface area contributed by atoms with E-state index in [1.165, 1.54) is 12.1 Å². The zero-order valence-electron chi connectivity index (χ0n) is 11.7. The summed E-state index contributed by atoms with van der Waals surface area (Å²) in [7, 11) is 0. The van der Waals surface area contributed by atoms with Crippen LogP contribution >= 0.6 is 11.6 Å². The first-order valence-electron chi connectivity index (χ1n) is 6.83. The summed E-state index contributed by atoms with van der Waals surface area (Å²) in [4.78, 5) is 34.0. The van der Waals surface area contributed by atoms with Gasteiger partial charge < -0.3 is 21.1 Å². The van der Waals surface area contributed by atoms with Gasteiger partial charge in [0.05, 0.1) is 17.0 Å². The second-order valence-corrected chi connectivity index (χ2v) is 5.37. The molecule has 3 amide bonds. The number of nitrogens with one attached hydrogen (secondary N) is 3. The summed E-state index contributed by atoms with van der Waals surface area (Å²) in [6.07, 6.45) is 1.77. The maximum atomic E-state index is 12.0. The number of rotatable bonds is 6. The summed E-state index contributed by atoms with van der Waals surface area (Å²) in [6, 6.07) is 4.23. The number of carbonyl (C=O) groups is 3. The maximum absolute atomic E-state index is 12.0. The number of amides is 3. The smallest absolute Gasteiger partial charge is 0.319 e. The van der Waals surface area contributed by atoms with Crippen LogP contribution in [0.25, 0.3) is 0 Å². The van der Waals surface area contributed by atoms with Crippen LogP contribution in [-0.2, 0) is 4.79 Å². The van der Waals surface area contributed by atoms with Gasteiger partial charge in [-0.15, -0.1) is 0 Å². The van der Waals surface area contributed by atoms with Crippen molar-refractivity contribution in [2.24, 2.45) is 0 Å². The van der Waals surface area contributed by atoms with Gasteiger partial charge in [-0.05, 0) is 31.0 Å². The topological polar surface area (TPSA) is 108 Å². The molecule has 0 spiro atoms. The normalized spacial score (nSPS) is 13.3. The molecule has 8 heteroatoms. The van der Waals surface area contributed by atoms with Gasteiger partial charge in [0.2, 0.25) is 0 Å². The van der Waals surface area contributed by atoms with E-state index < -0.39 is 12.0 Å². The number of halogens is 1. The van der Waals surface area contributed by atoms with Gasteiger partial charge in [0, 0.05) is 18.3 Å². The summed E-state index contributed by atoms with van der Waals surface area (Å²) in [6.45, 7) is 0.0176. The van der Waals surface area contributed by atoms with Crippen LogP contribution in [0.15, 0.2) is 18.2 Å². The highest BCUT2D eigenvalue weighted by Gasteiger charge is 2.24. The van der Waals surface area contributed by atoms with Crippen molar-refractivity contribution >= 4 is 35.2 Å². The van der Waals surface area contributed by atoms with Gasteiger partial charge in [0.1, 0.15) is 0 Å². The standard InChI is InChI=1S/C14H16ClN3O4/c15-11-4-3-9(18-14(22)16-6-5-12(19)20)7-10(11)13(21)17-8-1-2-8/h3-4,7-8H,1-2,5-6H2,(H,17,21)(H,19,20)(H2,16,18,22). The molecular formula is C14H16ClN3O4. The highest BCUT2D eigenvalue weighted by atomic mass is 35.5. The van der Waals surface area contributed by atoms with E-state index in [0.29, 0.717) is 10.7 Å². The number of carboxylic acids is 1. The van der Waals surface area contributed by atoms with Crippen molar-refractivity contribution in [2.45, 2.75) is 25.3 Å². The number of aliphatic carboxylic acids is 1. The van der Waals surface area contributed by atoms with E-state index in [1.807, 2.05) is 0 Å². The maximum Gasteiger partial charge on any atom is 0.319 e. The highest BCUT2D eigenvalue weighted by Crippen LogP contribution is 2.23. The minimum absolute atomic E-state index is 0.0176. The molecule has 0 atom stereocenters. The van der Waals surface area contributed by atoms with Gasteiger partial charge in [-0.1, -0.05) is 11.6 Å². The quantitative estimate of drug-likeness (QED) is 0.640. The summed E-state index contributed by atoms with van der Waals surface area (Å²) in [5, 5.41) is 16.5. The molecule has 1 aliphatic carbocycles. The van der Waals surface area contributed by atoms with E-state index in [0.717, 1.165) is 12.8 Å². The Bertz CT molecular complexity index is 602. The number of anilines is 1. The molecule has 0 saturated heterocycles. The Kier molecular flexibility index (Phi) is 5.21. The van der Waals surface area contributed by atoms with E-state index >= 15 is 0 Å². The van der Waals surface area contributed by atoms with Crippen LogP contribution < -0.4 is 16.0 Å². The van der Waals surface area contributed by atoms with E-state index in [4.69, 9.17) is 16.7 Å². The van der Waals surface area contributed by atoms with Crippen LogP contribution in [0.2, 0.25) is 5.02 Å². The predicted octanol–water partition coefficient (Wildman–Crippen LogP) is 1.83. The second-order valence-electron chi connectivity index (χ2n) is 4.97. The molecule has 0 unspecified atom stereocenters. The number of carbonyl (C=O) groups excluding carboxylic acids is 2. The molecule has 0 radical (unpaired) electrons. The molecular weight excluding hydrogens is 310 g/mol. The zero-order valence-corrected chi connectivity index (χ0v) is 12.4. The highest BCUT2D eigenvalue weighted by molar-refractivity contribution is 6.34. The average Bonchev–Trinajstić information content (AvgIpc) is 3.24. The average molecular weight is 326 g/mol. The molecule has 1 aromatic carbocycles. The fraction of sp³-hybridized carbons (Fsp3) is 0.357. The molecule has 1 aliphatic rings. The second kappa shape index (κ2) is 7.13. The molecule has 0 bridgehead atoms. The lowest BCUT2D eigenvalue weighted by atomic mass is 10.2. The summed E-state index contributed by atoms with van der Waals surface area (Å²) >= 11 is 6.00. The third-order valence-electron chi connectivity index (χ3n) is 3.01. The van der Waals surface area contributed by atoms with Gasteiger partial charge >= 0.3 is 12.0 Å². The molecule has 118 valence electrons. The minimum atomic E-state index is -0.995. The lowest BCUT2D eigenvalue weighted by Gasteiger charge is -2.10. The predicted molar refractivity (Wildman–Crippen MR) is 81.2 cm³/mol. The molecule has 1 saturated carbocycles. The first-order valence-corrected chi connectivity index (χ1v) is 7.20. The van der Waals surface area contributed by atoms with Crippen molar-refractivity contribution in [3.05, 3.63) is 28.8 Å². The first kappa shape index (κ1) is 16.1. The van der Waals surface area contributed by atoms with Crippen LogP contribution in [-0.4, -0.2) is 35.6 Å². The zero-order chi connectivity index (χ0) is 16.1. The van der Waals surface area contributed by atoms with Crippen molar-refractivity contribution < 1.29 is 19.5 Å². The number of carboxylic acid groups (broad SMARTS) is 1. The van der Waals surface area contributed by atoms with Crippen molar-refractivity contribution in [1.82, 2.24) is 10.6 Å². The molecule has 1 fully saturated rings. The van der Waals surface area contributed by atoms with Gasteiger partial charge in [-0.3, -0.25) is 9.59 Å². The number of hydrogen-bond acceptors (Lipinski definition) is 3. The van der Waals surface area contributed by atoms with Crippen LogP contribution in [0.4, 0.5) is 10.5 Å². The van der Waals surface area contributed by atoms with Gasteiger partial charge in [0.25, 0.3) is 5.91 Å². The Morgan fingerprint density at radius 1 is 1.27 bits per heavy atom. The lowest BCUT2D eigenvalue weighted by molar-refractivity contribution is -0.136. The third kappa shape index (κ3) is 4.92. The molecule has 0 aromatic heterocycles. The van der Waals surface area contributed by atoms with Crippen LogP contribution in [0, 0.1) is 0 Å². The summed E-state index contributed by atoms with van der Waals surface area (Å²) in [5.41, 5.74) is 0.690. The molecule has 7 nitrogen and oxygen atoms in total. The lowest BCUT2D eigenvalue weighted by Crippen LogP contribution is -2.31. The number of hydrogen-bond donors (Lipinski definition) is 4. The molecule has 0 heterocycles. The fourth-order valence-electron chi connectivity index (χ4n) is 1.73. The molecule has 2 rings (SSSR count). The minimum Gasteiger partial charge on any atom is -0.481 e. The van der Waals surface area contributed by atoms with E-state index in [-0.39, 0.29) is 30.5 Å². The van der Waals surface area contributed by atoms with Crippen molar-refractivity contribution in [3.63, 3.8) is 0 Å². The number of benzene rings is 1. The van der Waals surface area contributed by atoms with Crippen molar-refractivity contribution in [2.75, 3.05) is 11.9 Å².